The highest BCUT2D eigenvalue weighted by Gasteiger charge is 2.16. The van der Waals surface area contributed by atoms with Gasteiger partial charge in [0.05, 0.1) is 17.3 Å². The van der Waals surface area contributed by atoms with Crippen molar-refractivity contribution in [3.63, 3.8) is 0 Å². The van der Waals surface area contributed by atoms with Crippen LogP contribution in [-0.4, -0.2) is 21.8 Å². The van der Waals surface area contributed by atoms with Gasteiger partial charge >= 0.3 is 0 Å². The van der Waals surface area contributed by atoms with Crippen LogP contribution in [0, 0.1) is 0 Å². The number of hydrogen-bond acceptors (Lipinski definition) is 3. The van der Waals surface area contributed by atoms with Crippen LogP contribution in [0.15, 0.2) is 73.1 Å². The summed E-state index contributed by atoms with van der Waals surface area (Å²) >= 11 is 6.01. The Morgan fingerprint density at radius 2 is 1.80 bits per heavy atom. The molecule has 150 valence electrons. The van der Waals surface area contributed by atoms with E-state index in [1.54, 1.807) is 12.3 Å². The van der Waals surface area contributed by atoms with Crippen LogP contribution in [0.4, 0.5) is 5.69 Å². The van der Waals surface area contributed by atoms with Crippen molar-refractivity contribution in [2.75, 3.05) is 11.4 Å². The molecule has 0 spiro atoms. The van der Waals surface area contributed by atoms with E-state index in [0.717, 1.165) is 36.5 Å². The maximum absolute atomic E-state index is 12.6. The van der Waals surface area contributed by atoms with E-state index in [0.29, 0.717) is 17.1 Å². The first-order valence-electron chi connectivity index (χ1n) is 9.99. The minimum atomic E-state index is -0.111. The van der Waals surface area contributed by atoms with Gasteiger partial charge in [0, 0.05) is 36.7 Å². The SMILES string of the molecule is O=C(NCc1cn2cc(Cl)ccc2n1)c1ccc(N2CCc3ccccc3C2)cc1. The predicted octanol–water partition coefficient (Wildman–Crippen LogP) is 4.48. The average Bonchev–Trinajstić information content (AvgIpc) is 3.19. The first kappa shape index (κ1) is 18.7. The van der Waals surface area contributed by atoms with Crippen LogP contribution in [0.3, 0.4) is 0 Å². The molecule has 5 rings (SSSR count). The van der Waals surface area contributed by atoms with Crippen molar-refractivity contribution in [1.29, 1.82) is 0 Å². The standard InChI is InChI=1S/C24H21ClN4O/c25-20-7-10-23-27-21(16-29(23)15-20)13-26-24(30)18-5-8-22(9-6-18)28-12-11-17-3-1-2-4-19(17)14-28/h1-10,15-16H,11-14H2,(H,26,30). The fourth-order valence-electron chi connectivity index (χ4n) is 3.92. The van der Waals surface area contributed by atoms with Gasteiger partial charge in [-0.25, -0.2) is 4.98 Å². The predicted molar refractivity (Wildman–Crippen MR) is 119 cm³/mol. The molecule has 5 nitrogen and oxygen atoms in total. The van der Waals surface area contributed by atoms with Crippen LogP contribution in [0.25, 0.3) is 5.65 Å². The number of nitrogens with one attached hydrogen (secondary N) is 1. The topological polar surface area (TPSA) is 49.6 Å². The second kappa shape index (κ2) is 7.84. The van der Waals surface area contributed by atoms with E-state index in [1.165, 1.54) is 11.1 Å². The number of halogens is 1. The number of carbonyl (C=O) groups excluding carboxylic acids is 1. The lowest BCUT2D eigenvalue weighted by Crippen LogP contribution is -2.30. The Morgan fingerprint density at radius 1 is 1.00 bits per heavy atom. The highest BCUT2D eigenvalue weighted by Crippen LogP contribution is 2.24. The molecule has 1 aliphatic heterocycles. The lowest BCUT2D eigenvalue weighted by molar-refractivity contribution is 0.0950. The monoisotopic (exact) mass is 416 g/mol. The minimum Gasteiger partial charge on any atom is -0.367 e. The summed E-state index contributed by atoms with van der Waals surface area (Å²) in [5, 5.41) is 3.59. The van der Waals surface area contributed by atoms with Gasteiger partial charge in [-0.2, -0.15) is 0 Å². The molecule has 6 heteroatoms. The molecular formula is C24H21ClN4O. The number of imidazole rings is 1. The van der Waals surface area contributed by atoms with Crippen molar-refractivity contribution in [2.24, 2.45) is 0 Å². The van der Waals surface area contributed by atoms with Gasteiger partial charge in [0.2, 0.25) is 0 Å². The summed E-state index contributed by atoms with van der Waals surface area (Å²) in [6.45, 7) is 2.25. The molecular weight excluding hydrogens is 396 g/mol. The number of benzene rings is 2. The third-order valence-electron chi connectivity index (χ3n) is 5.52. The van der Waals surface area contributed by atoms with Gasteiger partial charge < -0.3 is 14.6 Å². The van der Waals surface area contributed by atoms with E-state index >= 15 is 0 Å². The number of nitrogens with zero attached hydrogens (tertiary/aromatic N) is 3. The van der Waals surface area contributed by atoms with Gasteiger partial charge in [0.1, 0.15) is 5.65 Å². The molecule has 0 fully saturated rings. The molecule has 0 atom stereocenters. The molecule has 0 unspecified atom stereocenters. The van der Waals surface area contributed by atoms with E-state index in [2.05, 4.69) is 39.5 Å². The summed E-state index contributed by atoms with van der Waals surface area (Å²) in [6.07, 6.45) is 4.72. The molecule has 2 aromatic heterocycles. The lowest BCUT2D eigenvalue weighted by Gasteiger charge is -2.30. The molecule has 0 radical (unpaired) electrons. The fraction of sp³-hybridized carbons (Fsp3) is 0.167. The molecule has 0 aliphatic carbocycles. The summed E-state index contributed by atoms with van der Waals surface area (Å²) in [5.74, 6) is -0.111. The Kier molecular flexibility index (Phi) is 4.89. The van der Waals surface area contributed by atoms with Gasteiger partial charge in [-0.3, -0.25) is 4.79 Å². The van der Waals surface area contributed by atoms with Gasteiger partial charge in [0.15, 0.2) is 0 Å². The largest absolute Gasteiger partial charge is 0.367 e. The average molecular weight is 417 g/mol. The Labute approximate surface area is 179 Å². The zero-order valence-corrected chi connectivity index (χ0v) is 17.1. The zero-order valence-electron chi connectivity index (χ0n) is 16.4. The normalized spacial score (nSPS) is 13.3. The Bertz CT molecular complexity index is 1220. The second-order valence-corrected chi connectivity index (χ2v) is 7.95. The van der Waals surface area contributed by atoms with E-state index in [-0.39, 0.29) is 5.91 Å². The van der Waals surface area contributed by atoms with Crippen LogP contribution in [0.1, 0.15) is 27.2 Å². The minimum absolute atomic E-state index is 0.111. The number of amides is 1. The van der Waals surface area contributed by atoms with E-state index in [1.807, 2.05) is 40.9 Å². The second-order valence-electron chi connectivity index (χ2n) is 7.51. The van der Waals surface area contributed by atoms with E-state index < -0.39 is 0 Å². The summed E-state index contributed by atoms with van der Waals surface area (Å²) in [4.78, 5) is 19.4. The van der Waals surface area contributed by atoms with Crippen LogP contribution < -0.4 is 10.2 Å². The van der Waals surface area contributed by atoms with Crippen LogP contribution >= 0.6 is 11.6 Å². The molecule has 1 N–H and O–H groups in total. The third kappa shape index (κ3) is 3.76. The van der Waals surface area contributed by atoms with Crippen molar-refractivity contribution < 1.29 is 4.79 Å². The molecule has 1 amide bonds. The summed E-state index contributed by atoms with van der Waals surface area (Å²) in [7, 11) is 0. The Balaban J connectivity index is 1.23. The maximum Gasteiger partial charge on any atom is 0.251 e. The Hall–Kier alpha value is -3.31. The van der Waals surface area contributed by atoms with Gasteiger partial charge in [-0.05, 0) is 53.9 Å². The van der Waals surface area contributed by atoms with Gasteiger partial charge in [-0.15, -0.1) is 0 Å². The molecule has 3 heterocycles. The van der Waals surface area contributed by atoms with Crippen molar-refractivity contribution in [2.45, 2.75) is 19.5 Å². The zero-order chi connectivity index (χ0) is 20.5. The Morgan fingerprint density at radius 3 is 2.63 bits per heavy atom. The summed E-state index contributed by atoms with van der Waals surface area (Å²) in [5.41, 5.74) is 6.17. The molecule has 0 saturated carbocycles. The highest BCUT2D eigenvalue weighted by atomic mass is 35.5. The first-order chi connectivity index (χ1) is 14.7. The molecule has 1 aliphatic rings. The number of anilines is 1. The first-order valence-corrected chi connectivity index (χ1v) is 10.4. The quantitative estimate of drug-likeness (QED) is 0.533. The van der Waals surface area contributed by atoms with Gasteiger partial charge in [-0.1, -0.05) is 35.9 Å². The van der Waals surface area contributed by atoms with Crippen LogP contribution in [0.2, 0.25) is 5.02 Å². The van der Waals surface area contributed by atoms with E-state index in [9.17, 15) is 4.79 Å². The number of hydrogen-bond donors (Lipinski definition) is 1. The number of carbonyl (C=O) groups is 1. The number of pyridine rings is 1. The number of aromatic nitrogens is 2. The molecule has 0 bridgehead atoms. The van der Waals surface area contributed by atoms with Crippen LogP contribution in [-0.2, 0) is 19.5 Å². The van der Waals surface area contributed by atoms with Crippen molar-refractivity contribution in [3.05, 3.63) is 100 Å². The summed E-state index contributed by atoms with van der Waals surface area (Å²) < 4.78 is 1.86. The molecule has 4 aromatic rings. The van der Waals surface area contributed by atoms with Crippen molar-refractivity contribution >= 4 is 28.8 Å². The van der Waals surface area contributed by atoms with Gasteiger partial charge in [0.25, 0.3) is 5.91 Å². The van der Waals surface area contributed by atoms with Crippen molar-refractivity contribution in [3.8, 4) is 0 Å². The molecule has 2 aromatic carbocycles. The smallest absolute Gasteiger partial charge is 0.251 e. The van der Waals surface area contributed by atoms with Crippen LogP contribution in [0.5, 0.6) is 0 Å². The third-order valence-corrected chi connectivity index (χ3v) is 5.74. The molecule has 0 saturated heterocycles. The fourth-order valence-corrected chi connectivity index (χ4v) is 4.08. The lowest BCUT2D eigenvalue weighted by atomic mass is 9.99. The highest BCUT2D eigenvalue weighted by molar-refractivity contribution is 6.30. The number of rotatable bonds is 4. The number of fused-ring (bicyclic) bond motifs is 2. The maximum atomic E-state index is 12.6. The molecule has 30 heavy (non-hydrogen) atoms. The van der Waals surface area contributed by atoms with E-state index in [4.69, 9.17) is 11.6 Å². The summed E-state index contributed by atoms with van der Waals surface area (Å²) in [6, 6.07) is 20.1. The van der Waals surface area contributed by atoms with Crippen molar-refractivity contribution in [1.82, 2.24) is 14.7 Å².